The summed E-state index contributed by atoms with van der Waals surface area (Å²) in [6, 6.07) is -0.851. The lowest BCUT2D eigenvalue weighted by Gasteiger charge is -2.02. The normalized spacial score (nSPS) is 10.6. The van der Waals surface area contributed by atoms with E-state index in [-0.39, 0.29) is 12.6 Å². The number of rotatable bonds is 3. The third-order valence-electron chi connectivity index (χ3n) is 1.72. The van der Waals surface area contributed by atoms with Crippen LogP contribution in [0.4, 0.5) is 0 Å². The van der Waals surface area contributed by atoms with Gasteiger partial charge in [-0.05, 0) is 0 Å². The number of aromatic amines is 2. The van der Waals surface area contributed by atoms with Crippen LogP contribution < -0.4 is 11.9 Å². The molecule has 2 rings (SSSR count). The second-order valence-corrected chi connectivity index (χ2v) is 2.99. The summed E-state index contributed by atoms with van der Waals surface area (Å²) in [5.74, 6) is -1.00. The number of carbonyl (C=O) groups is 1. The quantitative estimate of drug-likeness (QED) is 0.505. The van der Waals surface area contributed by atoms with Gasteiger partial charge in [-0.2, -0.15) is 0 Å². The van der Waals surface area contributed by atoms with Crippen LogP contribution in [0.3, 0.4) is 0 Å². The van der Waals surface area contributed by atoms with E-state index < -0.39 is 12.0 Å². The van der Waals surface area contributed by atoms with Crippen LogP contribution in [0, 0.1) is 0 Å². The SMILES string of the molecule is N.NC(Cc1cnc[nH]1)C(=O)O.c1c[nH]cn1. The van der Waals surface area contributed by atoms with Gasteiger partial charge in [0, 0.05) is 30.7 Å². The van der Waals surface area contributed by atoms with Gasteiger partial charge in [0.15, 0.2) is 0 Å². The molecule has 0 aliphatic rings. The van der Waals surface area contributed by atoms with E-state index >= 15 is 0 Å². The van der Waals surface area contributed by atoms with E-state index in [1.54, 1.807) is 24.9 Å². The van der Waals surface area contributed by atoms with E-state index in [0.717, 1.165) is 5.69 Å². The number of H-pyrrole nitrogens is 2. The van der Waals surface area contributed by atoms with Crippen molar-refractivity contribution in [1.29, 1.82) is 0 Å². The highest BCUT2D eigenvalue weighted by atomic mass is 16.4. The lowest BCUT2D eigenvalue weighted by Crippen LogP contribution is -2.32. The van der Waals surface area contributed by atoms with E-state index in [9.17, 15) is 4.79 Å². The first-order chi connectivity index (χ1) is 7.70. The maximum atomic E-state index is 10.3. The molecular formula is C9H16N6O2. The van der Waals surface area contributed by atoms with Gasteiger partial charge in [-0.15, -0.1) is 0 Å². The summed E-state index contributed by atoms with van der Waals surface area (Å²) in [7, 11) is 0. The first-order valence-electron chi connectivity index (χ1n) is 4.58. The summed E-state index contributed by atoms with van der Waals surface area (Å²) >= 11 is 0. The van der Waals surface area contributed by atoms with Gasteiger partial charge < -0.3 is 27.0 Å². The third-order valence-corrected chi connectivity index (χ3v) is 1.72. The summed E-state index contributed by atoms with van der Waals surface area (Å²) < 4.78 is 0. The molecular weight excluding hydrogens is 224 g/mol. The molecule has 1 unspecified atom stereocenters. The van der Waals surface area contributed by atoms with Gasteiger partial charge in [-0.25, -0.2) is 9.97 Å². The number of nitrogens with one attached hydrogen (secondary N) is 2. The van der Waals surface area contributed by atoms with Crippen molar-refractivity contribution in [3.05, 3.63) is 36.9 Å². The fraction of sp³-hybridized carbons (Fsp3) is 0.222. The molecule has 2 aromatic heterocycles. The average molecular weight is 240 g/mol. The number of imidazole rings is 2. The summed E-state index contributed by atoms with van der Waals surface area (Å²) in [5.41, 5.74) is 6.00. The molecule has 0 radical (unpaired) electrons. The van der Waals surface area contributed by atoms with Gasteiger partial charge in [0.05, 0.1) is 12.7 Å². The Morgan fingerprint density at radius 3 is 2.59 bits per heavy atom. The number of aromatic nitrogens is 4. The van der Waals surface area contributed by atoms with Crippen LogP contribution in [0.2, 0.25) is 0 Å². The van der Waals surface area contributed by atoms with Crippen LogP contribution in [0.1, 0.15) is 5.69 Å². The molecule has 0 saturated heterocycles. The maximum absolute atomic E-state index is 10.3. The molecule has 8 heteroatoms. The molecule has 8 N–H and O–H groups in total. The molecule has 17 heavy (non-hydrogen) atoms. The number of aliphatic carboxylic acids is 1. The molecule has 8 nitrogen and oxygen atoms in total. The Hall–Kier alpha value is -2.19. The maximum Gasteiger partial charge on any atom is 0.320 e. The van der Waals surface area contributed by atoms with Crippen molar-refractivity contribution >= 4 is 5.97 Å². The Bertz CT molecular complexity index is 368. The standard InChI is InChI=1S/C6H9N3O2.C3H4N2.H3N/c7-5(6(10)11)1-4-2-8-3-9-4;1-2-5-3-4-1;/h2-3,5H,1,7H2,(H,8,9)(H,10,11);1-3H,(H,4,5);1H3. The predicted octanol–water partition coefficient (Wildman–Crippen LogP) is -0.0642. The molecule has 0 saturated carbocycles. The predicted molar refractivity (Wildman–Crippen MR) is 61.5 cm³/mol. The first-order valence-corrected chi connectivity index (χ1v) is 4.58. The van der Waals surface area contributed by atoms with E-state index in [0.29, 0.717) is 0 Å². The number of carboxylic acid groups (broad SMARTS) is 1. The van der Waals surface area contributed by atoms with Crippen LogP contribution in [0.15, 0.2) is 31.2 Å². The van der Waals surface area contributed by atoms with E-state index in [4.69, 9.17) is 10.8 Å². The van der Waals surface area contributed by atoms with Crippen molar-refractivity contribution in [2.75, 3.05) is 0 Å². The summed E-state index contributed by atoms with van der Waals surface area (Å²) in [6.45, 7) is 0. The topological polar surface area (TPSA) is 156 Å². The van der Waals surface area contributed by atoms with Crippen molar-refractivity contribution in [3.8, 4) is 0 Å². The van der Waals surface area contributed by atoms with Gasteiger partial charge in [0.2, 0.25) is 0 Å². The molecule has 1 atom stereocenters. The smallest absolute Gasteiger partial charge is 0.320 e. The lowest BCUT2D eigenvalue weighted by molar-refractivity contribution is -0.138. The summed E-state index contributed by atoms with van der Waals surface area (Å²) in [5, 5.41) is 8.42. The molecule has 2 heterocycles. The number of nitrogens with two attached hydrogens (primary N) is 1. The zero-order chi connectivity index (χ0) is 11.8. The van der Waals surface area contributed by atoms with Crippen LogP contribution in [0.5, 0.6) is 0 Å². The van der Waals surface area contributed by atoms with Crippen molar-refractivity contribution in [2.24, 2.45) is 5.73 Å². The Morgan fingerprint density at radius 2 is 2.24 bits per heavy atom. The highest BCUT2D eigenvalue weighted by molar-refractivity contribution is 5.73. The van der Waals surface area contributed by atoms with Gasteiger partial charge in [-0.1, -0.05) is 0 Å². The number of carboxylic acids is 1. The first kappa shape index (κ1) is 14.8. The summed E-state index contributed by atoms with van der Waals surface area (Å²) in [4.78, 5) is 23.2. The van der Waals surface area contributed by atoms with Crippen LogP contribution in [0.25, 0.3) is 0 Å². The Morgan fingerprint density at radius 1 is 1.47 bits per heavy atom. The van der Waals surface area contributed by atoms with Crippen LogP contribution >= 0.6 is 0 Å². The highest BCUT2D eigenvalue weighted by Gasteiger charge is 2.11. The van der Waals surface area contributed by atoms with Gasteiger partial charge in [0.1, 0.15) is 6.04 Å². The zero-order valence-corrected chi connectivity index (χ0v) is 9.21. The molecule has 0 aromatic carbocycles. The largest absolute Gasteiger partial charge is 0.480 e. The summed E-state index contributed by atoms with van der Waals surface area (Å²) in [6.07, 6.45) is 8.42. The van der Waals surface area contributed by atoms with Crippen molar-refractivity contribution < 1.29 is 9.90 Å². The third kappa shape index (κ3) is 6.07. The van der Waals surface area contributed by atoms with E-state index in [1.165, 1.54) is 6.33 Å². The molecule has 0 bridgehead atoms. The van der Waals surface area contributed by atoms with Gasteiger partial charge in [-0.3, -0.25) is 4.79 Å². The minimum Gasteiger partial charge on any atom is -0.480 e. The molecule has 0 amide bonds. The van der Waals surface area contributed by atoms with E-state index in [2.05, 4.69) is 19.9 Å². The van der Waals surface area contributed by atoms with Crippen LogP contribution in [-0.4, -0.2) is 37.1 Å². The van der Waals surface area contributed by atoms with Gasteiger partial charge >= 0.3 is 5.97 Å². The van der Waals surface area contributed by atoms with Crippen molar-refractivity contribution in [3.63, 3.8) is 0 Å². The van der Waals surface area contributed by atoms with E-state index in [1.807, 2.05) is 0 Å². The highest BCUT2D eigenvalue weighted by Crippen LogP contribution is 1.95. The Balaban J connectivity index is 0.000000360. The molecule has 0 aliphatic heterocycles. The molecule has 0 fully saturated rings. The fourth-order valence-corrected chi connectivity index (χ4v) is 0.936. The monoisotopic (exact) mass is 240 g/mol. The average Bonchev–Trinajstić information content (AvgIpc) is 2.92. The Labute approximate surface area is 97.9 Å². The second kappa shape index (κ2) is 8.02. The zero-order valence-electron chi connectivity index (χ0n) is 9.21. The number of hydrogen-bond donors (Lipinski definition) is 5. The van der Waals surface area contributed by atoms with Crippen molar-refractivity contribution in [1.82, 2.24) is 26.1 Å². The molecule has 2 aromatic rings. The molecule has 0 spiro atoms. The second-order valence-electron chi connectivity index (χ2n) is 2.99. The van der Waals surface area contributed by atoms with Gasteiger partial charge in [0.25, 0.3) is 0 Å². The van der Waals surface area contributed by atoms with Crippen molar-refractivity contribution in [2.45, 2.75) is 12.5 Å². The lowest BCUT2D eigenvalue weighted by atomic mass is 10.2. The number of nitrogens with zero attached hydrogens (tertiary/aromatic N) is 2. The molecule has 94 valence electrons. The number of hydrogen-bond acceptors (Lipinski definition) is 5. The minimum atomic E-state index is -1.00. The van der Waals surface area contributed by atoms with Crippen LogP contribution in [-0.2, 0) is 11.2 Å². The fourth-order valence-electron chi connectivity index (χ4n) is 0.936. The molecule has 0 aliphatic carbocycles. The Kier molecular flexibility index (Phi) is 6.99. The minimum absolute atomic E-state index is 0.